The minimum Gasteiger partial charge on any atom is -0.385 e. The third-order valence-electron chi connectivity index (χ3n) is 3.96. The summed E-state index contributed by atoms with van der Waals surface area (Å²) in [5, 5.41) is 6.16. The van der Waals surface area contributed by atoms with Crippen molar-refractivity contribution in [2.75, 3.05) is 19.5 Å². The second-order valence-corrected chi connectivity index (χ2v) is 5.84. The van der Waals surface area contributed by atoms with Gasteiger partial charge in [-0.15, -0.1) is 0 Å². The highest BCUT2D eigenvalue weighted by atomic mass is 19.1. The van der Waals surface area contributed by atoms with Crippen LogP contribution in [-0.4, -0.2) is 45.6 Å². The van der Waals surface area contributed by atoms with Crippen LogP contribution in [0.25, 0.3) is 11.0 Å². The zero-order valence-corrected chi connectivity index (χ0v) is 14.9. The van der Waals surface area contributed by atoms with Crippen LogP contribution in [0.3, 0.4) is 0 Å². The lowest BCUT2D eigenvalue weighted by atomic mass is 9.91. The summed E-state index contributed by atoms with van der Waals surface area (Å²) >= 11 is 0. The molecule has 3 aromatic rings. The largest absolute Gasteiger partial charge is 0.385 e. The van der Waals surface area contributed by atoms with Gasteiger partial charge in [-0.3, -0.25) is 9.36 Å². The number of halogens is 1. The van der Waals surface area contributed by atoms with Gasteiger partial charge in [-0.1, -0.05) is 5.16 Å². The van der Waals surface area contributed by atoms with Crippen molar-refractivity contribution in [3.8, 4) is 0 Å². The van der Waals surface area contributed by atoms with Crippen molar-refractivity contribution in [1.29, 1.82) is 1.43 Å². The molecule has 0 bridgehead atoms. The zero-order valence-electron chi connectivity index (χ0n) is 41.9. The van der Waals surface area contributed by atoms with Gasteiger partial charge < -0.3 is 14.5 Å². The molecule has 2 aromatic heterocycles. The van der Waals surface area contributed by atoms with Crippen LogP contribution in [0.1, 0.15) is 95.9 Å². The number of hydrogen-bond donors (Lipinski definition) is 1. The summed E-state index contributed by atoms with van der Waals surface area (Å²) < 4.78 is 247. The Morgan fingerprint density at radius 1 is 1.45 bits per heavy atom. The quantitative estimate of drug-likeness (QED) is 0.639. The van der Waals surface area contributed by atoms with Gasteiger partial charge in [0.25, 0.3) is 5.56 Å². The van der Waals surface area contributed by atoms with Crippen LogP contribution in [-0.2, 0) is 12.9 Å². The minimum atomic E-state index is -4.84. The summed E-state index contributed by atoms with van der Waals surface area (Å²) in [5.41, 5.74) is -9.34. The molecule has 1 atom stereocenters. The van der Waals surface area contributed by atoms with Crippen molar-refractivity contribution in [1.82, 2.24) is 19.6 Å². The van der Waals surface area contributed by atoms with Gasteiger partial charge in [-0.05, 0) is 63.8 Å². The monoisotopic (exact) mass is 453 g/mol. The van der Waals surface area contributed by atoms with Crippen LogP contribution in [0.5, 0.6) is 0 Å². The lowest BCUT2D eigenvalue weighted by Gasteiger charge is -2.31. The Kier molecular flexibility index (Phi) is 1.59. The van der Waals surface area contributed by atoms with Crippen molar-refractivity contribution >= 4 is 11.0 Å². The van der Waals surface area contributed by atoms with Crippen LogP contribution >= 0.6 is 0 Å². The number of benzene rings is 1. The van der Waals surface area contributed by atoms with Gasteiger partial charge in [0.2, 0.25) is 1.43 Å². The SMILES string of the molecule is [2H]OC1([2H])c2nc(C([2H])([2H])[2H])c(C([2H])([2H])C([2H])([2H])N3C([2H])([2H])C([2H])([2H])C([2H])(c4noc5c([2H])c(F)c([2H])c([2H])c45)C([2H])([2H])C3([2H])[2H])c(=O)n2C([2H])([2H])C([2H])([2H])C1([2H])[2H]. The van der Waals surface area contributed by atoms with E-state index in [-0.39, 0.29) is 0 Å². The average Bonchev–Trinajstić information content (AvgIpc) is 3.51. The zero-order chi connectivity index (χ0) is 45.3. The van der Waals surface area contributed by atoms with Gasteiger partial charge in [0.15, 0.2) is 5.58 Å². The van der Waals surface area contributed by atoms with E-state index in [2.05, 4.69) is 15.2 Å². The summed E-state index contributed by atoms with van der Waals surface area (Å²) in [7, 11) is 0. The molecule has 0 radical (unpaired) electrons. The van der Waals surface area contributed by atoms with Crippen LogP contribution in [0.4, 0.5) is 4.39 Å². The van der Waals surface area contributed by atoms with E-state index in [1.807, 2.05) is 0 Å². The molecule has 1 N–H and O–H groups in total. The first kappa shape index (κ1) is 6.05. The number of nitrogens with zero attached hydrogens (tertiary/aromatic N) is 4. The number of rotatable bonds is 5. The highest BCUT2D eigenvalue weighted by molar-refractivity contribution is 5.79. The normalized spacial score (nSPS) is 49.1. The Morgan fingerprint density at radius 3 is 3.13 bits per heavy atom. The lowest BCUT2D eigenvalue weighted by molar-refractivity contribution is 0.129. The molecule has 5 rings (SSSR count). The fourth-order valence-corrected chi connectivity index (χ4v) is 2.57. The van der Waals surface area contributed by atoms with Crippen LogP contribution < -0.4 is 5.56 Å². The Morgan fingerprint density at radius 2 is 2.32 bits per heavy atom. The average molecular weight is 454 g/mol. The highest BCUT2D eigenvalue weighted by Crippen LogP contribution is 2.32. The third-order valence-corrected chi connectivity index (χ3v) is 3.96. The summed E-state index contributed by atoms with van der Waals surface area (Å²) in [5.74, 6) is -7.75. The molecule has 8 heteroatoms. The molecule has 2 aliphatic heterocycles. The molecule has 31 heavy (non-hydrogen) atoms. The molecule has 1 unspecified atom stereocenters. The van der Waals surface area contributed by atoms with E-state index < -0.39 is 149 Å². The van der Waals surface area contributed by atoms with E-state index in [0.717, 1.165) is 0 Å². The first-order valence-electron chi connectivity index (χ1n) is 21.7. The van der Waals surface area contributed by atoms with Crippen LogP contribution in [0, 0.1) is 12.7 Å². The second-order valence-electron chi connectivity index (χ2n) is 5.84. The number of aliphatic hydroxyl groups is 1. The lowest BCUT2D eigenvalue weighted by Crippen LogP contribution is -2.37. The third kappa shape index (κ3) is 3.78. The van der Waals surface area contributed by atoms with E-state index in [9.17, 15) is 9.18 Å². The molecule has 164 valence electrons. The van der Waals surface area contributed by atoms with Crippen LogP contribution in [0.2, 0.25) is 0 Å². The molecule has 1 fully saturated rings. The summed E-state index contributed by atoms with van der Waals surface area (Å²) in [6.45, 7) is -22.3. The first-order chi connectivity index (χ1) is 25.6. The topological polar surface area (TPSA) is 84.4 Å². The van der Waals surface area contributed by atoms with Gasteiger partial charge in [-0.2, -0.15) is 0 Å². The van der Waals surface area contributed by atoms with Crippen molar-refractivity contribution in [3.05, 3.63) is 57.1 Å². The van der Waals surface area contributed by atoms with E-state index in [1.54, 1.807) is 0 Å². The summed E-state index contributed by atoms with van der Waals surface area (Å²) in [4.78, 5) is 16.5. The molecule has 0 saturated carbocycles. The number of likely N-dealkylation sites (tertiary alicyclic amines) is 1. The summed E-state index contributed by atoms with van der Waals surface area (Å²) in [6, 6.07) is -4.05. The Labute approximate surface area is 217 Å². The van der Waals surface area contributed by atoms with Crippen molar-refractivity contribution in [3.63, 3.8) is 0 Å². The van der Waals surface area contributed by atoms with Gasteiger partial charge in [0, 0.05) is 71.7 Å². The molecule has 4 heterocycles. The molecule has 0 amide bonds. The number of aromatic nitrogens is 3. The standard InChI is InChI=1S/C23H27FN4O3/c1-14-17(23(30)28-9-2-3-19(29)22(28)25-14)8-12-27-10-6-15(7-11-27)21-18-5-4-16(24)13-20(18)31-26-21/h4-5,13,15,19,29H,2-3,6-12H2,1H3/i1D3,2D2,3D2,4D,5D,6D2,7D2,8D2,9D2,10D2,11D2,12D2,13D,15D,19D,29D. The van der Waals surface area contributed by atoms with Gasteiger partial charge >= 0.3 is 0 Å². The molecule has 1 aromatic carbocycles. The smallest absolute Gasteiger partial charge is 0.257 e. The van der Waals surface area contributed by atoms with E-state index in [0.29, 0.717) is 0 Å². The minimum absolute atomic E-state index is 0.653. The number of aryl methyl sites for hydroxylation is 1. The van der Waals surface area contributed by atoms with Gasteiger partial charge in [-0.25, -0.2) is 9.37 Å². The van der Waals surface area contributed by atoms with Crippen molar-refractivity contribution < 1.29 is 49.7 Å². The predicted molar refractivity (Wildman–Crippen MR) is 114 cm³/mol. The number of fused-ring (bicyclic) bond motifs is 2. The van der Waals surface area contributed by atoms with E-state index in [1.165, 1.54) is 0 Å². The summed E-state index contributed by atoms with van der Waals surface area (Å²) in [6.07, 6.45) is -25.8. The van der Waals surface area contributed by atoms with E-state index >= 15 is 0 Å². The first-order valence-corrected chi connectivity index (χ1v) is 8.25. The fourth-order valence-electron chi connectivity index (χ4n) is 2.57. The van der Waals surface area contributed by atoms with E-state index in [4.69, 9.17) is 41.6 Å². The predicted octanol–water partition coefficient (Wildman–Crippen LogP) is 3.08. The fraction of sp³-hybridized carbons (Fsp3) is 0.522. The molecule has 1 saturated heterocycles. The Bertz CT molecular complexity index is 2270. The highest BCUT2D eigenvalue weighted by Gasteiger charge is 2.26. The van der Waals surface area contributed by atoms with Gasteiger partial charge in [0.05, 0.1) is 11.2 Å². The van der Waals surface area contributed by atoms with Crippen molar-refractivity contribution in [2.24, 2.45) is 0 Å². The number of hydrogen-bond acceptors (Lipinski definition) is 6. The molecule has 0 aliphatic carbocycles. The van der Waals surface area contributed by atoms with Crippen molar-refractivity contribution in [2.45, 2.75) is 57.2 Å². The second kappa shape index (κ2) is 8.16. The maximum Gasteiger partial charge on any atom is 0.257 e. The Hall–Kier alpha value is -2.58. The molecular weight excluding hydrogens is 399 g/mol. The molecule has 2 aliphatic rings. The van der Waals surface area contributed by atoms with Gasteiger partial charge in [0.1, 0.15) is 17.7 Å². The maximum atomic E-state index is 14.5. The molecule has 0 spiro atoms. The number of piperidine rings is 1. The van der Waals surface area contributed by atoms with Crippen LogP contribution in [0.15, 0.2) is 27.4 Å². The molecule has 7 nitrogen and oxygen atoms in total. The Balaban J connectivity index is 1.89. The molecular formula is C23H27FN4O3. The maximum absolute atomic E-state index is 14.5.